The minimum atomic E-state index is -3.58. The van der Waals surface area contributed by atoms with Crippen LogP contribution in [0.5, 0.6) is 0 Å². The Morgan fingerprint density at radius 2 is 2.00 bits per heavy atom. The third-order valence-corrected chi connectivity index (χ3v) is 4.87. The van der Waals surface area contributed by atoms with Crippen molar-refractivity contribution in [1.82, 2.24) is 4.31 Å². The van der Waals surface area contributed by atoms with Crippen LogP contribution in [0.2, 0.25) is 5.02 Å². The first-order valence-corrected chi connectivity index (χ1v) is 8.00. The van der Waals surface area contributed by atoms with E-state index in [1.165, 1.54) is 10.4 Å². The average molecular weight is 320 g/mol. The van der Waals surface area contributed by atoms with Gasteiger partial charge in [0.25, 0.3) is 0 Å². The molecule has 0 bridgehead atoms. The molecule has 1 aliphatic rings. The van der Waals surface area contributed by atoms with Gasteiger partial charge in [-0.1, -0.05) is 23.8 Å². The fourth-order valence-electron chi connectivity index (χ4n) is 1.95. The molecule has 1 aliphatic heterocycles. The molecule has 0 spiro atoms. The van der Waals surface area contributed by atoms with Crippen molar-refractivity contribution in [3.63, 3.8) is 0 Å². The topological polar surface area (TPSA) is 75.4 Å². The average Bonchev–Trinajstić information content (AvgIpc) is 2.81. The van der Waals surface area contributed by atoms with E-state index in [1.807, 2.05) is 0 Å². The third-order valence-electron chi connectivity index (χ3n) is 2.89. The molecule has 1 aromatic rings. The van der Waals surface area contributed by atoms with E-state index in [0.717, 1.165) is 12.8 Å². The van der Waals surface area contributed by atoms with Crippen LogP contribution in [0.15, 0.2) is 18.2 Å². The Hall–Kier alpha value is -0.890. The lowest BCUT2D eigenvalue weighted by Gasteiger charge is -2.18. The predicted molar refractivity (Wildman–Crippen MR) is 80.7 cm³/mol. The second-order valence-corrected chi connectivity index (χ2v) is 6.81. The summed E-state index contributed by atoms with van der Waals surface area (Å²) in [6.07, 6.45) is 1.75. The maximum absolute atomic E-state index is 12.2. The number of hydrogen-bond donors (Lipinski definition) is 2. The van der Waals surface area contributed by atoms with E-state index >= 15 is 0 Å². The molecule has 1 aromatic carbocycles. The van der Waals surface area contributed by atoms with Crippen LogP contribution in [0.1, 0.15) is 18.4 Å². The molecule has 0 aliphatic carbocycles. The van der Waals surface area contributed by atoms with Gasteiger partial charge in [0.2, 0.25) is 0 Å². The molecule has 0 unspecified atom stereocenters. The SMILES string of the molecule is NC(=S)c1ccc(Cl)cc1NS(=O)(=O)N1CCCC1. The van der Waals surface area contributed by atoms with Crippen molar-refractivity contribution in [2.75, 3.05) is 17.8 Å². The molecule has 0 amide bonds. The van der Waals surface area contributed by atoms with Crippen molar-refractivity contribution in [3.8, 4) is 0 Å². The second kappa shape index (κ2) is 5.62. The van der Waals surface area contributed by atoms with Gasteiger partial charge in [-0.2, -0.15) is 12.7 Å². The highest BCUT2D eigenvalue weighted by atomic mass is 35.5. The number of nitrogens with zero attached hydrogens (tertiary/aromatic N) is 1. The largest absolute Gasteiger partial charge is 0.389 e. The van der Waals surface area contributed by atoms with E-state index < -0.39 is 10.2 Å². The van der Waals surface area contributed by atoms with Gasteiger partial charge in [0, 0.05) is 23.7 Å². The summed E-state index contributed by atoms with van der Waals surface area (Å²) in [6, 6.07) is 4.72. The summed E-state index contributed by atoms with van der Waals surface area (Å²) in [7, 11) is -3.58. The van der Waals surface area contributed by atoms with Crippen molar-refractivity contribution in [3.05, 3.63) is 28.8 Å². The first-order valence-electron chi connectivity index (χ1n) is 5.77. The molecule has 8 heteroatoms. The van der Waals surface area contributed by atoms with Crippen LogP contribution in [0.4, 0.5) is 5.69 Å². The number of thiocarbonyl (C=S) groups is 1. The van der Waals surface area contributed by atoms with Crippen LogP contribution in [0.25, 0.3) is 0 Å². The number of nitrogens with one attached hydrogen (secondary N) is 1. The lowest BCUT2D eigenvalue weighted by Crippen LogP contribution is -2.34. The van der Waals surface area contributed by atoms with Crippen molar-refractivity contribution >= 4 is 44.7 Å². The standard InChI is InChI=1S/C11H14ClN3O2S2/c12-8-3-4-9(11(13)18)10(7-8)14-19(16,17)15-5-1-2-6-15/h3-4,7,14H,1-2,5-6H2,(H2,13,18). The monoisotopic (exact) mass is 319 g/mol. The molecule has 1 saturated heterocycles. The molecule has 5 nitrogen and oxygen atoms in total. The van der Waals surface area contributed by atoms with Gasteiger partial charge in [-0.15, -0.1) is 0 Å². The van der Waals surface area contributed by atoms with Gasteiger partial charge in [0.1, 0.15) is 4.99 Å². The lowest BCUT2D eigenvalue weighted by molar-refractivity contribution is 0.482. The molecule has 1 heterocycles. The number of nitrogens with two attached hydrogens (primary N) is 1. The van der Waals surface area contributed by atoms with Gasteiger partial charge < -0.3 is 5.73 Å². The number of rotatable bonds is 4. The van der Waals surface area contributed by atoms with Crippen LogP contribution in [-0.4, -0.2) is 30.8 Å². The van der Waals surface area contributed by atoms with Gasteiger partial charge in [-0.05, 0) is 31.0 Å². The normalized spacial score (nSPS) is 16.5. The summed E-state index contributed by atoms with van der Waals surface area (Å²) in [4.78, 5) is 0.121. The van der Waals surface area contributed by atoms with E-state index in [2.05, 4.69) is 4.72 Å². The molecule has 19 heavy (non-hydrogen) atoms. The van der Waals surface area contributed by atoms with Gasteiger partial charge in [-0.25, -0.2) is 0 Å². The van der Waals surface area contributed by atoms with E-state index in [0.29, 0.717) is 29.4 Å². The molecule has 0 atom stereocenters. The molecule has 3 N–H and O–H groups in total. The van der Waals surface area contributed by atoms with Crippen molar-refractivity contribution in [2.45, 2.75) is 12.8 Å². The molecule has 2 rings (SSSR count). The molecular weight excluding hydrogens is 306 g/mol. The highest BCUT2D eigenvalue weighted by Gasteiger charge is 2.26. The van der Waals surface area contributed by atoms with Crippen LogP contribution in [0.3, 0.4) is 0 Å². The maximum atomic E-state index is 12.2. The molecule has 1 fully saturated rings. The minimum Gasteiger partial charge on any atom is -0.389 e. The molecule has 0 saturated carbocycles. The van der Waals surface area contributed by atoms with Gasteiger partial charge >= 0.3 is 10.2 Å². The Labute approximate surface area is 122 Å². The first-order chi connectivity index (χ1) is 8.90. The van der Waals surface area contributed by atoms with E-state index in [-0.39, 0.29) is 4.99 Å². The molecule has 0 radical (unpaired) electrons. The summed E-state index contributed by atoms with van der Waals surface area (Å²) in [5, 5.41) is 0.416. The Morgan fingerprint density at radius 1 is 1.37 bits per heavy atom. The first kappa shape index (κ1) is 14.5. The van der Waals surface area contributed by atoms with Crippen molar-refractivity contribution < 1.29 is 8.42 Å². The van der Waals surface area contributed by atoms with E-state index in [4.69, 9.17) is 29.6 Å². The van der Waals surface area contributed by atoms with Crippen molar-refractivity contribution in [2.24, 2.45) is 5.73 Å². The predicted octanol–water partition coefficient (Wildman–Crippen LogP) is 1.73. The Kier molecular flexibility index (Phi) is 4.29. The van der Waals surface area contributed by atoms with Crippen LogP contribution >= 0.6 is 23.8 Å². The fourth-order valence-corrected chi connectivity index (χ4v) is 3.61. The number of hydrogen-bond acceptors (Lipinski definition) is 3. The number of halogens is 1. The van der Waals surface area contributed by atoms with Crippen LogP contribution in [-0.2, 0) is 10.2 Å². The maximum Gasteiger partial charge on any atom is 0.301 e. The quantitative estimate of drug-likeness (QED) is 0.829. The number of anilines is 1. The molecule has 104 valence electrons. The third kappa shape index (κ3) is 3.36. The zero-order valence-corrected chi connectivity index (χ0v) is 12.5. The van der Waals surface area contributed by atoms with Crippen LogP contribution in [0, 0.1) is 0 Å². The van der Waals surface area contributed by atoms with Gasteiger partial charge in [0.05, 0.1) is 5.69 Å². The lowest BCUT2D eigenvalue weighted by atomic mass is 10.2. The van der Waals surface area contributed by atoms with Crippen LogP contribution < -0.4 is 10.5 Å². The Morgan fingerprint density at radius 3 is 2.58 bits per heavy atom. The van der Waals surface area contributed by atoms with Gasteiger partial charge in [-0.3, -0.25) is 4.72 Å². The summed E-state index contributed by atoms with van der Waals surface area (Å²) < 4.78 is 28.2. The smallest absolute Gasteiger partial charge is 0.301 e. The van der Waals surface area contributed by atoms with E-state index in [1.54, 1.807) is 12.1 Å². The highest BCUT2D eigenvalue weighted by Crippen LogP contribution is 2.24. The number of benzene rings is 1. The summed E-state index contributed by atoms with van der Waals surface area (Å²) in [6.45, 7) is 1.05. The fraction of sp³-hybridized carbons (Fsp3) is 0.364. The summed E-state index contributed by atoms with van der Waals surface area (Å²) >= 11 is 10.8. The highest BCUT2D eigenvalue weighted by molar-refractivity contribution is 7.90. The van der Waals surface area contributed by atoms with Gasteiger partial charge in [0.15, 0.2) is 0 Å². The van der Waals surface area contributed by atoms with E-state index in [9.17, 15) is 8.42 Å². The minimum absolute atomic E-state index is 0.121. The zero-order valence-electron chi connectivity index (χ0n) is 10.1. The molecular formula is C11H14ClN3O2S2. The zero-order chi connectivity index (χ0) is 14.0. The summed E-state index contributed by atoms with van der Waals surface area (Å²) in [5.74, 6) is 0. The second-order valence-electron chi connectivity index (χ2n) is 4.27. The molecule has 0 aromatic heterocycles. The van der Waals surface area contributed by atoms with Crippen molar-refractivity contribution in [1.29, 1.82) is 0 Å². The summed E-state index contributed by atoms with van der Waals surface area (Å²) in [5.41, 5.74) is 6.35. The Balaban J connectivity index is 2.32. The Bertz CT molecular complexity index is 598.